The van der Waals surface area contributed by atoms with Gasteiger partial charge >= 0.3 is 0 Å². The summed E-state index contributed by atoms with van der Waals surface area (Å²) in [5.41, 5.74) is 4.64. The molecule has 2 heterocycles. The summed E-state index contributed by atoms with van der Waals surface area (Å²) in [4.78, 5) is 0. The van der Waals surface area contributed by atoms with Crippen molar-refractivity contribution in [1.29, 1.82) is 0 Å². The van der Waals surface area contributed by atoms with Gasteiger partial charge in [-0.2, -0.15) is 0 Å². The van der Waals surface area contributed by atoms with Crippen molar-refractivity contribution in [2.45, 2.75) is 33.2 Å². The van der Waals surface area contributed by atoms with Crippen molar-refractivity contribution >= 4 is 10.9 Å². The normalized spacial score (nSPS) is 11.5. The Hall–Kier alpha value is -2.88. The molecular weight excluding hydrogens is 310 g/mol. The van der Waals surface area contributed by atoms with Gasteiger partial charge in [0.1, 0.15) is 5.69 Å². The van der Waals surface area contributed by atoms with Gasteiger partial charge in [0.2, 0.25) is 5.89 Å². The summed E-state index contributed by atoms with van der Waals surface area (Å²) in [6.45, 7) is 6.98. The van der Waals surface area contributed by atoms with E-state index < -0.39 is 0 Å². The van der Waals surface area contributed by atoms with E-state index in [0.29, 0.717) is 11.8 Å². The predicted molar refractivity (Wildman–Crippen MR) is 99.6 cm³/mol. The smallest absolute Gasteiger partial charge is 0.264 e. The van der Waals surface area contributed by atoms with Crippen LogP contribution in [0.25, 0.3) is 22.5 Å². The Morgan fingerprint density at radius 1 is 1.00 bits per heavy atom. The number of rotatable bonds is 4. The minimum absolute atomic E-state index is 0.219. The van der Waals surface area contributed by atoms with Gasteiger partial charge in [-0.3, -0.25) is 0 Å². The van der Waals surface area contributed by atoms with Crippen LogP contribution in [0.5, 0.6) is 0 Å². The van der Waals surface area contributed by atoms with Crippen LogP contribution in [0.1, 0.15) is 36.8 Å². The van der Waals surface area contributed by atoms with Gasteiger partial charge in [0.05, 0.1) is 0 Å². The van der Waals surface area contributed by atoms with Gasteiger partial charge < -0.3 is 8.98 Å². The molecule has 0 unspecified atom stereocenters. The molecule has 25 heavy (non-hydrogen) atoms. The molecule has 0 spiro atoms. The summed E-state index contributed by atoms with van der Waals surface area (Å²) in [5, 5.41) is 9.65. The Labute approximate surface area is 147 Å². The van der Waals surface area contributed by atoms with Gasteiger partial charge in [-0.15, -0.1) is 10.2 Å². The van der Waals surface area contributed by atoms with Crippen LogP contribution in [0.2, 0.25) is 0 Å². The van der Waals surface area contributed by atoms with Crippen LogP contribution >= 0.6 is 0 Å². The minimum atomic E-state index is 0.219. The predicted octanol–water partition coefficient (Wildman–Crippen LogP) is 5.17. The fourth-order valence-electron chi connectivity index (χ4n) is 3.01. The summed E-state index contributed by atoms with van der Waals surface area (Å²) in [5.74, 6) is 1.46. The lowest BCUT2D eigenvalue weighted by Gasteiger charge is -2.09. The van der Waals surface area contributed by atoms with Gasteiger partial charge in [0.15, 0.2) is 0 Å². The summed E-state index contributed by atoms with van der Waals surface area (Å²) >= 11 is 0. The fraction of sp³-hybridized carbons (Fsp3) is 0.238. The molecule has 4 aromatic rings. The zero-order chi connectivity index (χ0) is 17.4. The molecule has 0 fully saturated rings. The number of benzene rings is 2. The van der Waals surface area contributed by atoms with E-state index in [-0.39, 0.29) is 5.92 Å². The number of hydrogen-bond acceptors (Lipinski definition) is 3. The van der Waals surface area contributed by atoms with Gasteiger partial charge in [0, 0.05) is 23.4 Å². The SMILES string of the molecule is Cc1ccc(Cn2c(-c3nnc(C(C)C)o3)cc3ccccc32)cc1. The molecule has 2 aromatic heterocycles. The summed E-state index contributed by atoms with van der Waals surface area (Å²) in [7, 11) is 0. The Bertz CT molecular complexity index is 1010. The van der Waals surface area contributed by atoms with Crippen molar-refractivity contribution in [3.05, 3.63) is 71.6 Å². The first-order valence-electron chi connectivity index (χ1n) is 8.59. The van der Waals surface area contributed by atoms with Crippen LogP contribution in [0.15, 0.2) is 59.0 Å². The lowest BCUT2D eigenvalue weighted by atomic mass is 10.1. The minimum Gasteiger partial charge on any atom is -0.419 e. The monoisotopic (exact) mass is 331 g/mol. The zero-order valence-electron chi connectivity index (χ0n) is 14.7. The second-order valence-electron chi connectivity index (χ2n) is 6.76. The van der Waals surface area contributed by atoms with E-state index in [1.807, 2.05) is 0 Å². The molecule has 2 aromatic carbocycles. The van der Waals surface area contributed by atoms with Gasteiger partial charge in [-0.05, 0) is 24.6 Å². The highest BCUT2D eigenvalue weighted by molar-refractivity contribution is 5.85. The van der Waals surface area contributed by atoms with Gasteiger partial charge in [-0.25, -0.2) is 0 Å². The van der Waals surface area contributed by atoms with Crippen LogP contribution in [-0.4, -0.2) is 14.8 Å². The highest BCUT2D eigenvalue weighted by atomic mass is 16.4. The van der Waals surface area contributed by atoms with Crippen molar-refractivity contribution in [3.8, 4) is 11.6 Å². The lowest BCUT2D eigenvalue weighted by Crippen LogP contribution is -2.01. The van der Waals surface area contributed by atoms with E-state index in [1.54, 1.807) is 0 Å². The number of hydrogen-bond donors (Lipinski definition) is 0. The Morgan fingerprint density at radius 3 is 2.48 bits per heavy atom. The van der Waals surface area contributed by atoms with E-state index in [1.165, 1.54) is 22.0 Å². The summed E-state index contributed by atoms with van der Waals surface area (Å²) in [6.07, 6.45) is 0. The third-order valence-corrected chi connectivity index (χ3v) is 4.43. The first-order chi connectivity index (χ1) is 12.1. The first-order valence-corrected chi connectivity index (χ1v) is 8.59. The lowest BCUT2D eigenvalue weighted by molar-refractivity contribution is 0.478. The number of fused-ring (bicyclic) bond motifs is 1. The highest BCUT2D eigenvalue weighted by Gasteiger charge is 2.17. The average Bonchev–Trinajstić information content (AvgIpc) is 3.22. The summed E-state index contributed by atoms with van der Waals surface area (Å²) in [6, 6.07) is 19.1. The van der Waals surface area contributed by atoms with E-state index in [0.717, 1.165) is 12.2 Å². The molecule has 4 rings (SSSR count). The van der Waals surface area contributed by atoms with Crippen molar-refractivity contribution in [1.82, 2.24) is 14.8 Å². The molecule has 0 saturated heterocycles. The molecule has 0 atom stereocenters. The molecule has 126 valence electrons. The largest absolute Gasteiger partial charge is 0.419 e. The van der Waals surface area contributed by atoms with E-state index in [4.69, 9.17) is 4.42 Å². The van der Waals surface area contributed by atoms with E-state index >= 15 is 0 Å². The van der Waals surface area contributed by atoms with Gasteiger partial charge in [0.25, 0.3) is 5.89 Å². The molecule has 4 heteroatoms. The Morgan fingerprint density at radius 2 is 1.76 bits per heavy atom. The van der Waals surface area contributed by atoms with Crippen molar-refractivity contribution in [3.63, 3.8) is 0 Å². The standard InChI is InChI=1S/C21H21N3O/c1-14(2)20-22-23-21(25-20)19-12-17-6-4-5-7-18(17)24(19)13-16-10-8-15(3)9-11-16/h4-12,14H,13H2,1-3H3. The first kappa shape index (κ1) is 15.6. The quantitative estimate of drug-likeness (QED) is 0.518. The number of para-hydroxylation sites is 1. The number of aromatic nitrogens is 3. The topological polar surface area (TPSA) is 43.9 Å². The Balaban J connectivity index is 1.83. The summed E-state index contributed by atoms with van der Waals surface area (Å²) < 4.78 is 8.16. The van der Waals surface area contributed by atoms with Crippen molar-refractivity contribution < 1.29 is 4.42 Å². The maximum absolute atomic E-state index is 5.92. The second-order valence-corrected chi connectivity index (χ2v) is 6.76. The van der Waals surface area contributed by atoms with Gasteiger partial charge in [-0.1, -0.05) is 61.9 Å². The molecule has 0 amide bonds. The number of aryl methyl sites for hydroxylation is 1. The molecular formula is C21H21N3O. The van der Waals surface area contributed by atoms with Crippen LogP contribution in [-0.2, 0) is 6.54 Å². The second kappa shape index (κ2) is 6.20. The molecule has 0 aliphatic carbocycles. The molecule has 0 saturated carbocycles. The zero-order valence-corrected chi connectivity index (χ0v) is 14.7. The molecule has 0 aliphatic heterocycles. The van der Waals surface area contributed by atoms with Crippen LogP contribution in [0, 0.1) is 6.92 Å². The van der Waals surface area contributed by atoms with Crippen LogP contribution in [0.4, 0.5) is 0 Å². The van der Waals surface area contributed by atoms with Crippen molar-refractivity contribution in [2.75, 3.05) is 0 Å². The maximum atomic E-state index is 5.92. The maximum Gasteiger partial charge on any atom is 0.264 e. The molecule has 4 nitrogen and oxygen atoms in total. The third kappa shape index (κ3) is 2.95. The molecule has 0 aliphatic rings. The van der Waals surface area contributed by atoms with Crippen LogP contribution in [0.3, 0.4) is 0 Å². The molecule has 0 radical (unpaired) electrons. The van der Waals surface area contributed by atoms with E-state index in [9.17, 15) is 0 Å². The Kier molecular flexibility index (Phi) is 3.88. The fourth-order valence-corrected chi connectivity index (χ4v) is 3.01. The average molecular weight is 331 g/mol. The third-order valence-electron chi connectivity index (χ3n) is 4.43. The van der Waals surface area contributed by atoms with Crippen molar-refractivity contribution in [2.24, 2.45) is 0 Å². The molecule has 0 bridgehead atoms. The van der Waals surface area contributed by atoms with E-state index in [2.05, 4.69) is 90.1 Å². The number of nitrogens with zero attached hydrogens (tertiary/aromatic N) is 3. The molecule has 0 N–H and O–H groups in total. The van der Waals surface area contributed by atoms with Crippen LogP contribution < -0.4 is 0 Å². The highest BCUT2D eigenvalue weighted by Crippen LogP contribution is 2.29.